The number of nitrogens with one attached hydrogen (secondary N) is 1. The number of hydrogen-bond acceptors (Lipinski definition) is 4. The van der Waals surface area contributed by atoms with Crippen LogP contribution in [0, 0.1) is 0 Å². The van der Waals surface area contributed by atoms with Crippen molar-refractivity contribution in [2.24, 2.45) is 0 Å². The van der Waals surface area contributed by atoms with E-state index in [9.17, 15) is 13.2 Å². The molecule has 1 amide bonds. The maximum absolute atomic E-state index is 12.1. The van der Waals surface area contributed by atoms with Crippen LogP contribution in [0.3, 0.4) is 0 Å². The maximum atomic E-state index is 12.1. The summed E-state index contributed by atoms with van der Waals surface area (Å²) >= 11 is 9.04. The van der Waals surface area contributed by atoms with Crippen molar-refractivity contribution in [2.45, 2.75) is 23.8 Å². The Morgan fingerprint density at radius 3 is 2.76 bits per heavy atom. The second-order valence-electron chi connectivity index (χ2n) is 4.55. The fourth-order valence-corrected chi connectivity index (χ4v) is 4.57. The second-order valence-corrected chi connectivity index (χ2v) is 8.34. The molecule has 1 heterocycles. The molecule has 21 heavy (non-hydrogen) atoms. The molecule has 116 valence electrons. The fourth-order valence-electron chi connectivity index (χ4n) is 2.00. The number of benzene rings is 1. The summed E-state index contributed by atoms with van der Waals surface area (Å²) in [4.78, 5) is 11.9. The SMILES string of the molecule is O=C(NCC1CCCO1)c1cc(S(=O)(=O)Cl)c(Br)cc1Cl. The topological polar surface area (TPSA) is 72.5 Å². The zero-order valence-corrected chi connectivity index (χ0v) is 14.6. The number of ether oxygens (including phenoxy) is 1. The average molecular weight is 417 g/mol. The Balaban J connectivity index is 2.20. The standard InChI is InChI=1S/C12H12BrCl2NO4S/c13-9-5-10(14)8(4-11(9)21(15,18)19)12(17)16-6-7-2-1-3-20-7/h4-5,7H,1-3,6H2,(H,16,17). The second kappa shape index (κ2) is 6.83. The van der Waals surface area contributed by atoms with Gasteiger partial charge in [0.25, 0.3) is 15.0 Å². The van der Waals surface area contributed by atoms with Crippen molar-refractivity contribution in [2.75, 3.05) is 13.2 Å². The van der Waals surface area contributed by atoms with Gasteiger partial charge in [-0.2, -0.15) is 0 Å². The molecule has 0 saturated carbocycles. The highest BCUT2D eigenvalue weighted by atomic mass is 79.9. The van der Waals surface area contributed by atoms with Crippen molar-refractivity contribution in [1.82, 2.24) is 5.32 Å². The molecule has 2 rings (SSSR count). The summed E-state index contributed by atoms with van der Waals surface area (Å²) in [6, 6.07) is 2.48. The molecule has 0 aromatic heterocycles. The zero-order chi connectivity index (χ0) is 15.6. The van der Waals surface area contributed by atoms with Crippen LogP contribution in [0.4, 0.5) is 0 Å². The van der Waals surface area contributed by atoms with Gasteiger partial charge in [-0.15, -0.1) is 0 Å². The molecule has 1 N–H and O–H groups in total. The van der Waals surface area contributed by atoms with Gasteiger partial charge in [0.15, 0.2) is 0 Å². The van der Waals surface area contributed by atoms with Gasteiger partial charge in [-0.25, -0.2) is 8.42 Å². The van der Waals surface area contributed by atoms with Gasteiger partial charge in [0.05, 0.1) is 21.6 Å². The summed E-state index contributed by atoms with van der Waals surface area (Å²) in [6.07, 6.45) is 1.84. The molecule has 1 unspecified atom stereocenters. The summed E-state index contributed by atoms with van der Waals surface area (Å²) < 4.78 is 28.5. The van der Waals surface area contributed by atoms with Crippen molar-refractivity contribution >= 4 is 53.2 Å². The van der Waals surface area contributed by atoms with E-state index in [2.05, 4.69) is 21.2 Å². The van der Waals surface area contributed by atoms with E-state index in [1.807, 2.05) is 0 Å². The lowest BCUT2D eigenvalue weighted by Crippen LogP contribution is -2.32. The molecule has 1 atom stereocenters. The molecule has 0 radical (unpaired) electrons. The minimum absolute atomic E-state index is 0.0144. The van der Waals surface area contributed by atoms with Gasteiger partial charge in [0.2, 0.25) is 0 Å². The number of halogens is 3. The molecule has 1 saturated heterocycles. The van der Waals surface area contributed by atoms with E-state index in [1.54, 1.807) is 0 Å². The van der Waals surface area contributed by atoms with E-state index in [0.717, 1.165) is 18.9 Å². The average Bonchev–Trinajstić information content (AvgIpc) is 2.87. The summed E-state index contributed by atoms with van der Waals surface area (Å²) in [5, 5.41) is 2.81. The highest BCUT2D eigenvalue weighted by molar-refractivity contribution is 9.10. The first-order chi connectivity index (χ1) is 9.79. The molecule has 0 aliphatic carbocycles. The molecule has 0 spiro atoms. The number of rotatable bonds is 4. The Kier molecular flexibility index (Phi) is 5.54. The van der Waals surface area contributed by atoms with Gasteiger partial charge < -0.3 is 10.1 Å². The highest BCUT2D eigenvalue weighted by Crippen LogP contribution is 2.31. The van der Waals surface area contributed by atoms with Crippen molar-refractivity contribution in [3.63, 3.8) is 0 Å². The van der Waals surface area contributed by atoms with E-state index >= 15 is 0 Å². The predicted molar refractivity (Wildman–Crippen MR) is 83.5 cm³/mol. The minimum Gasteiger partial charge on any atom is -0.376 e. The predicted octanol–water partition coefficient (Wildman–Crippen LogP) is 2.94. The Bertz CT molecular complexity index is 659. The summed E-state index contributed by atoms with van der Waals surface area (Å²) in [7, 11) is 1.35. The molecular formula is C12H12BrCl2NO4S. The van der Waals surface area contributed by atoms with Crippen LogP contribution in [0.15, 0.2) is 21.5 Å². The van der Waals surface area contributed by atoms with Crippen LogP contribution in [-0.4, -0.2) is 33.6 Å². The van der Waals surface area contributed by atoms with Crippen molar-refractivity contribution in [3.05, 3.63) is 27.2 Å². The first-order valence-corrected chi connectivity index (χ1v) is 9.60. The number of carbonyl (C=O) groups excluding carboxylic acids is 1. The molecule has 1 aromatic rings. The van der Waals surface area contributed by atoms with Gasteiger partial charge in [0.1, 0.15) is 0 Å². The lowest BCUT2D eigenvalue weighted by atomic mass is 10.2. The third-order valence-electron chi connectivity index (χ3n) is 3.04. The monoisotopic (exact) mass is 415 g/mol. The van der Waals surface area contributed by atoms with Crippen LogP contribution >= 0.6 is 38.2 Å². The van der Waals surface area contributed by atoms with E-state index in [0.29, 0.717) is 13.2 Å². The molecule has 9 heteroatoms. The summed E-state index contributed by atoms with van der Waals surface area (Å²) in [5.74, 6) is -0.468. The molecule has 0 bridgehead atoms. The largest absolute Gasteiger partial charge is 0.376 e. The van der Waals surface area contributed by atoms with Crippen LogP contribution in [0.25, 0.3) is 0 Å². The number of carbonyl (C=O) groups is 1. The first-order valence-electron chi connectivity index (χ1n) is 6.12. The van der Waals surface area contributed by atoms with Crippen molar-refractivity contribution in [1.29, 1.82) is 0 Å². The Hall–Kier alpha value is -0.340. The highest BCUT2D eigenvalue weighted by Gasteiger charge is 2.22. The normalized spacial score (nSPS) is 18.7. The molecule has 1 fully saturated rings. The van der Waals surface area contributed by atoms with E-state index in [4.69, 9.17) is 27.0 Å². The van der Waals surface area contributed by atoms with Crippen molar-refractivity contribution in [3.8, 4) is 0 Å². The maximum Gasteiger partial charge on any atom is 0.262 e. The van der Waals surface area contributed by atoms with Crippen LogP contribution < -0.4 is 5.32 Å². The molecule has 1 aliphatic rings. The van der Waals surface area contributed by atoms with E-state index in [-0.39, 0.29) is 26.1 Å². The van der Waals surface area contributed by atoms with Gasteiger partial charge in [0, 0.05) is 28.3 Å². The van der Waals surface area contributed by atoms with Crippen LogP contribution in [0.2, 0.25) is 5.02 Å². The Morgan fingerprint density at radius 1 is 1.48 bits per heavy atom. The third-order valence-corrected chi connectivity index (χ3v) is 5.64. The number of hydrogen-bond donors (Lipinski definition) is 1. The lowest BCUT2D eigenvalue weighted by Gasteiger charge is -2.12. The van der Waals surface area contributed by atoms with Gasteiger partial charge in [-0.1, -0.05) is 11.6 Å². The lowest BCUT2D eigenvalue weighted by molar-refractivity contribution is 0.0857. The van der Waals surface area contributed by atoms with Crippen LogP contribution in [0.5, 0.6) is 0 Å². The van der Waals surface area contributed by atoms with Gasteiger partial charge in [-0.3, -0.25) is 4.79 Å². The summed E-state index contributed by atoms with van der Waals surface area (Å²) in [5.41, 5.74) is 0.0529. The van der Waals surface area contributed by atoms with Crippen LogP contribution in [-0.2, 0) is 13.8 Å². The van der Waals surface area contributed by atoms with Crippen molar-refractivity contribution < 1.29 is 17.9 Å². The Labute approximate surface area is 140 Å². The van der Waals surface area contributed by atoms with E-state index in [1.165, 1.54) is 6.07 Å². The summed E-state index contributed by atoms with van der Waals surface area (Å²) in [6.45, 7) is 1.04. The molecule has 1 aromatic carbocycles. The molecule has 5 nitrogen and oxygen atoms in total. The molecule has 1 aliphatic heterocycles. The zero-order valence-electron chi connectivity index (χ0n) is 10.7. The quantitative estimate of drug-likeness (QED) is 0.765. The Morgan fingerprint density at radius 2 is 2.19 bits per heavy atom. The van der Waals surface area contributed by atoms with Gasteiger partial charge >= 0.3 is 0 Å². The molecular weight excluding hydrogens is 405 g/mol. The number of amides is 1. The smallest absolute Gasteiger partial charge is 0.262 e. The van der Waals surface area contributed by atoms with Gasteiger partial charge in [-0.05, 0) is 40.9 Å². The van der Waals surface area contributed by atoms with E-state index < -0.39 is 15.0 Å². The fraction of sp³-hybridized carbons (Fsp3) is 0.417. The third kappa shape index (κ3) is 4.32. The minimum atomic E-state index is -3.97. The first kappa shape index (κ1) is 17.0. The van der Waals surface area contributed by atoms with Crippen LogP contribution in [0.1, 0.15) is 23.2 Å².